The highest BCUT2D eigenvalue weighted by Crippen LogP contribution is 2.29. The van der Waals surface area contributed by atoms with Crippen LogP contribution >= 0.6 is 23.2 Å². The highest BCUT2D eigenvalue weighted by molar-refractivity contribution is 7.87. The van der Waals surface area contributed by atoms with Crippen molar-refractivity contribution in [2.45, 2.75) is 4.90 Å². The van der Waals surface area contributed by atoms with E-state index in [4.69, 9.17) is 27.4 Å². The molecular weight excluding hydrogens is 478 g/mol. The molecule has 0 saturated carbocycles. The van der Waals surface area contributed by atoms with Crippen molar-refractivity contribution in [2.75, 3.05) is 5.32 Å². The van der Waals surface area contributed by atoms with Crippen LogP contribution in [0.25, 0.3) is 6.08 Å². The third-order valence-corrected chi connectivity index (χ3v) is 5.83. The van der Waals surface area contributed by atoms with Gasteiger partial charge in [0, 0.05) is 10.7 Å². The molecule has 10 heteroatoms. The Bertz CT molecular complexity index is 1330. The maximum atomic E-state index is 13.0. The molecule has 3 aromatic rings. The molecule has 0 unspecified atom stereocenters. The first-order valence-corrected chi connectivity index (χ1v) is 11.0. The Kier molecular flexibility index (Phi) is 7.15. The largest absolute Gasteiger partial charge is 0.377 e. The predicted molar refractivity (Wildman–Crippen MR) is 119 cm³/mol. The van der Waals surface area contributed by atoms with Crippen molar-refractivity contribution in [1.29, 1.82) is 5.26 Å². The van der Waals surface area contributed by atoms with Gasteiger partial charge in [-0.05, 0) is 72.3 Å². The summed E-state index contributed by atoms with van der Waals surface area (Å²) in [4.78, 5) is 12.2. The van der Waals surface area contributed by atoms with Gasteiger partial charge < -0.3 is 9.50 Å². The van der Waals surface area contributed by atoms with Crippen LogP contribution in [0.4, 0.5) is 10.1 Å². The Morgan fingerprint density at radius 2 is 1.69 bits per heavy atom. The van der Waals surface area contributed by atoms with E-state index >= 15 is 0 Å². The number of anilines is 1. The van der Waals surface area contributed by atoms with E-state index in [0.29, 0.717) is 16.3 Å². The van der Waals surface area contributed by atoms with Gasteiger partial charge in [-0.1, -0.05) is 29.3 Å². The smallest absolute Gasteiger partial charge is 0.339 e. The highest BCUT2D eigenvalue weighted by atomic mass is 35.5. The summed E-state index contributed by atoms with van der Waals surface area (Å²) in [5.74, 6) is -1.30. The topological polar surface area (TPSA) is 96.3 Å². The van der Waals surface area contributed by atoms with Crippen LogP contribution in [0.3, 0.4) is 0 Å². The molecule has 3 rings (SSSR count). The number of nitriles is 1. The summed E-state index contributed by atoms with van der Waals surface area (Å²) in [5.41, 5.74) is 0.427. The zero-order valence-electron chi connectivity index (χ0n) is 16.1. The Hall–Kier alpha value is -3.38. The van der Waals surface area contributed by atoms with Crippen LogP contribution in [0.2, 0.25) is 10.0 Å². The fourth-order valence-corrected chi connectivity index (χ4v) is 3.84. The SMILES string of the molecule is N#C/C(=C\c1ccc(OS(=O)(=O)c2ccc(Cl)cc2)c(Cl)c1)C(=O)Nc1ccc(F)cc1. The Balaban J connectivity index is 1.79. The number of carbonyl (C=O) groups is 1. The Labute approximate surface area is 193 Å². The summed E-state index contributed by atoms with van der Waals surface area (Å²) in [6.45, 7) is 0. The zero-order valence-corrected chi connectivity index (χ0v) is 18.4. The molecule has 0 fully saturated rings. The number of amides is 1. The lowest BCUT2D eigenvalue weighted by Crippen LogP contribution is -2.13. The molecule has 162 valence electrons. The maximum absolute atomic E-state index is 13.0. The number of nitrogens with zero attached hydrogens (tertiary/aromatic N) is 1. The Morgan fingerprint density at radius 1 is 1.03 bits per heavy atom. The Morgan fingerprint density at radius 3 is 2.28 bits per heavy atom. The van der Waals surface area contributed by atoms with Gasteiger partial charge >= 0.3 is 10.1 Å². The zero-order chi connectivity index (χ0) is 23.3. The summed E-state index contributed by atoms with van der Waals surface area (Å²) in [6, 6.07) is 16.3. The molecule has 0 atom stereocenters. The number of hydrogen-bond donors (Lipinski definition) is 1. The van der Waals surface area contributed by atoms with E-state index in [1.54, 1.807) is 6.07 Å². The van der Waals surface area contributed by atoms with Crippen molar-refractivity contribution in [2.24, 2.45) is 0 Å². The predicted octanol–water partition coefficient (Wildman–Crippen LogP) is 5.45. The molecule has 0 heterocycles. The van der Waals surface area contributed by atoms with E-state index in [0.717, 1.165) is 0 Å². The summed E-state index contributed by atoms with van der Waals surface area (Å²) in [6.07, 6.45) is 1.27. The molecule has 0 aliphatic carbocycles. The minimum absolute atomic E-state index is 0.0486. The second kappa shape index (κ2) is 9.83. The van der Waals surface area contributed by atoms with Gasteiger partial charge in [-0.3, -0.25) is 4.79 Å². The average molecular weight is 491 g/mol. The number of rotatable bonds is 6. The number of benzene rings is 3. The van der Waals surface area contributed by atoms with Crippen molar-refractivity contribution in [1.82, 2.24) is 0 Å². The van der Waals surface area contributed by atoms with Crippen LogP contribution in [0.1, 0.15) is 5.56 Å². The molecule has 0 spiro atoms. The standard InChI is InChI=1S/C22H13Cl2FN2O4S/c23-16-2-8-19(9-3-16)32(29,30)31-21-10-1-14(12-20(21)24)11-15(13-26)22(28)27-18-6-4-17(25)5-7-18/h1-12H,(H,27,28)/b15-11+. The van der Waals surface area contributed by atoms with Crippen LogP contribution < -0.4 is 9.50 Å². The van der Waals surface area contributed by atoms with Gasteiger partial charge in [0.1, 0.15) is 22.4 Å². The van der Waals surface area contributed by atoms with Gasteiger partial charge in [0.25, 0.3) is 5.91 Å². The lowest BCUT2D eigenvalue weighted by Gasteiger charge is -2.09. The van der Waals surface area contributed by atoms with Crippen LogP contribution in [-0.4, -0.2) is 14.3 Å². The van der Waals surface area contributed by atoms with E-state index < -0.39 is 21.8 Å². The summed E-state index contributed by atoms with van der Waals surface area (Å²) in [7, 11) is -4.15. The van der Waals surface area contributed by atoms with E-state index in [2.05, 4.69) is 5.32 Å². The van der Waals surface area contributed by atoms with Crippen LogP contribution in [0.5, 0.6) is 5.75 Å². The summed E-state index contributed by atoms with van der Waals surface area (Å²) >= 11 is 11.9. The third-order valence-electron chi connectivity index (χ3n) is 4.04. The highest BCUT2D eigenvalue weighted by Gasteiger charge is 2.18. The molecule has 0 aliphatic rings. The third kappa shape index (κ3) is 5.86. The normalized spacial score (nSPS) is 11.5. The van der Waals surface area contributed by atoms with Crippen LogP contribution in [0.15, 0.2) is 77.2 Å². The van der Waals surface area contributed by atoms with Crippen molar-refractivity contribution in [3.8, 4) is 11.8 Å². The molecule has 6 nitrogen and oxygen atoms in total. The quantitative estimate of drug-likeness (QED) is 0.281. The molecule has 0 bridgehead atoms. The molecule has 1 amide bonds. The van der Waals surface area contributed by atoms with E-state index in [1.165, 1.54) is 72.8 Å². The number of carbonyl (C=O) groups excluding carboxylic acids is 1. The van der Waals surface area contributed by atoms with Crippen molar-refractivity contribution >= 4 is 51.0 Å². The van der Waals surface area contributed by atoms with Crippen molar-refractivity contribution in [3.05, 3.63) is 93.7 Å². The van der Waals surface area contributed by atoms with E-state index in [1.807, 2.05) is 0 Å². The first-order valence-electron chi connectivity index (χ1n) is 8.86. The molecule has 0 aliphatic heterocycles. The second-order valence-electron chi connectivity index (χ2n) is 6.31. The van der Waals surface area contributed by atoms with Gasteiger partial charge in [0.15, 0.2) is 5.75 Å². The van der Waals surface area contributed by atoms with Gasteiger partial charge in [-0.25, -0.2) is 4.39 Å². The summed E-state index contributed by atoms with van der Waals surface area (Å²) in [5, 5.41) is 12.1. The van der Waals surface area contributed by atoms with Crippen LogP contribution in [0, 0.1) is 17.1 Å². The number of nitrogens with one attached hydrogen (secondary N) is 1. The molecule has 1 N–H and O–H groups in total. The van der Waals surface area contributed by atoms with E-state index in [9.17, 15) is 22.9 Å². The first kappa shape index (κ1) is 23.3. The van der Waals surface area contributed by atoms with Gasteiger partial charge in [-0.15, -0.1) is 0 Å². The number of hydrogen-bond acceptors (Lipinski definition) is 5. The molecule has 32 heavy (non-hydrogen) atoms. The lowest BCUT2D eigenvalue weighted by molar-refractivity contribution is -0.112. The van der Waals surface area contributed by atoms with Gasteiger partial charge in [-0.2, -0.15) is 13.7 Å². The minimum atomic E-state index is -4.15. The van der Waals surface area contributed by atoms with Crippen molar-refractivity contribution < 1.29 is 21.8 Å². The molecule has 3 aromatic carbocycles. The minimum Gasteiger partial charge on any atom is -0.377 e. The fraction of sp³-hybridized carbons (Fsp3) is 0. The molecule has 0 radical (unpaired) electrons. The van der Waals surface area contributed by atoms with Gasteiger partial charge in [0.2, 0.25) is 0 Å². The van der Waals surface area contributed by atoms with Crippen molar-refractivity contribution in [3.63, 3.8) is 0 Å². The lowest BCUT2D eigenvalue weighted by atomic mass is 10.1. The molecular formula is C22H13Cl2FN2O4S. The summed E-state index contributed by atoms with van der Waals surface area (Å²) < 4.78 is 42.9. The second-order valence-corrected chi connectivity index (χ2v) is 8.70. The van der Waals surface area contributed by atoms with E-state index in [-0.39, 0.29) is 21.2 Å². The average Bonchev–Trinajstić information content (AvgIpc) is 2.75. The van der Waals surface area contributed by atoms with Crippen LogP contribution in [-0.2, 0) is 14.9 Å². The van der Waals surface area contributed by atoms with Gasteiger partial charge in [0.05, 0.1) is 5.02 Å². The first-order chi connectivity index (χ1) is 15.2. The maximum Gasteiger partial charge on any atom is 0.339 e. The molecule has 0 aromatic heterocycles. The molecule has 0 saturated heterocycles. The fourth-order valence-electron chi connectivity index (χ4n) is 2.49. The number of halogens is 3. The monoisotopic (exact) mass is 490 g/mol.